The van der Waals surface area contributed by atoms with Gasteiger partial charge in [0.1, 0.15) is 5.75 Å². The van der Waals surface area contributed by atoms with E-state index < -0.39 is 0 Å². The Hall–Kier alpha value is -0.400. The van der Waals surface area contributed by atoms with E-state index >= 15 is 0 Å². The molecule has 0 unspecified atom stereocenters. The van der Waals surface area contributed by atoms with Crippen LogP contribution in [-0.4, -0.2) is 6.54 Å². The second kappa shape index (κ2) is 2.46. The fourth-order valence-corrected chi connectivity index (χ4v) is 0.884. The highest BCUT2D eigenvalue weighted by molar-refractivity contribution is 6.35. The molecule has 0 atom stereocenters. The highest BCUT2D eigenvalue weighted by Crippen LogP contribution is 2.25. The van der Waals surface area contributed by atoms with Crippen LogP contribution in [0.2, 0.25) is 10.0 Å². The number of rotatable bonds is 1. The molecule has 0 aromatic heterocycles. The molecular formula is C6H4Cl2O. The van der Waals surface area contributed by atoms with Crippen LogP contribution in [0.25, 0.3) is 0 Å². The molecule has 0 radical (unpaired) electrons. The number of hydrogen-bond donors (Lipinski definition) is 1. The van der Waals surface area contributed by atoms with Crippen molar-refractivity contribution >= 4 is 23.2 Å². The predicted molar refractivity (Wildman–Crippen MR) is 38.1 cm³/mol. The summed E-state index contributed by atoms with van der Waals surface area (Å²) in [6.45, 7) is 0. The number of benzene rings is 1. The van der Waals surface area contributed by atoms with Crippen LogP contribution >= 0.6 is 23.2 Å². The Bertz CT molecular complexity index is 239. The van der Waals surface area contributed by atoms with E-state index in [9.17, 15) is 0 Å². The molecule has 0 saturated carbocycles. The van der Waals surface area contributed by atoms with Gasteiger partial charge in [0.05, 0.1) is 5.02 Å². The molecule has 0 saturated heterocycles. The molecule has 0 aliphatic rings. The number of phenolic OH excluding ortho intramolecular Hbond substituents is 1. The average Bonchev–Trinajstić information content (AvgIpc) is 1.88. The summed E-state index contributed by atoms with van der Waals surface area (Å²) in [5.41, 5.74) is 0. The third kappa shape index (κ3) is 1.50. The predicted octanol–water partition coefficient (Wildman–Crippen LogP) is 2.70. The lowest BCUT2D eigenvalue weighted by Gasteiger charge is -1.93. The molecule has 48 valence electrons. The first-order valence-electron chi connectivity index (χ1n) is 2.73. The van der Waals surface area contributed by atoms with Crippen molar-refractivity contribution in [2.45, 2.75) is 0 Å². The van der Waals surface area contributed by atoms with Gasteiger partial charge in [0, 0.05) is 5.02 Å². The second-order valence-electron chi connectivity index (χ2n) is 1.57. The summed E-state index contributed by atoms with van der Waals surface area (Å²) in [4.78, 5) is 0. The SMILES string of the molecule is [2H]Oc1ccc(Cl)cc1Cl. The molecule has 0 amide bonds. The van der Waals surface area contributed by atoms with Crippen molar-refractivity contribution in [1.82, 2.24) is 0 Å². The zero-order valence-electron chi connectivity index (χ0n) is 5.40. The van der Waals surface area contributed by atoms with Gasteiger partial charge in [-0.25, -0.2) is 0 Å². The largest absolute Gasteiger partial charge is 0.506 e. The molecule has 1 aromatic carbocycles. The molecule has 1 nitrogen and oxygen atoms in total. The van der Waals surface area contributed by atoms with Crippen LogP contribution in [0.4, 0.5) is 0 Å². The van der Waals surface area contributed by atoms with Gasteiger partial charge in [0.15, 0.2) is 0 Å². The molecule has 1 N–H and O–H groups in total. The maximum atomic E-state index is 6.53. The molecule has 0 fully saturated rings. The fourth-order valence-electron chi connectivity index (χ4n) is 0.475. The van der Waals surface area contributed by atoms with Crippen molar-refractivity contribution in [3.05, 3.63) is 28.2 Å². The van der Waals surface area contributed by atoms with Crippen LogP contribution in [0.3, 0.4) is 0 Å². The molecule has 0 spiro atoms. The molecule has 0 aliphatic heterocycles. The Kier molecular flexibility index (Phi) is 1.47. The molecule has 0 bridgehead atoms. The molecule has 1 aromatic rings. The molecule has 9 heavy (non-hydrogen) atoms. The highest BCUT2D eigenvalue weighted by atomic mass is 35.5. The maximum Gasteiger partial charge on any atom is 0.293 e. The average molecular weight is 164 g/mol. The zero-order chi connectivity index (χ0) is 7.56. The van der Waals surface area contributed by atoms with E-state index in [0.29, 0.717) is 15.8 Å². The van der Waals surface area contributed by atoms with Crippen LogP contribution < -0.4 is 0 Å². The first kappa shape index (κ1) is 5.39. The fraction of sp³-hybridized carbons (Fsp3) is 0. The van der Waals surface area contributed by atoms with Gasteiger partial charge in [-0.3, -0.25) is 0 Å². The van der Waals surface area contributed by atoms with Gasteiger partial charge in [-0.15, -0.1) is 0 Å². The standard InChI is InChI=1S/C6H4Cl2O/c7-4-1-2-6(9)5(8)3-4/h1-3,9H/i/hD. The minimum absolute atomic E-state index is 0.311. The zero-order valence-corrected chi connectivity index (χ0v) is 5.91. The van der Waals surface area contributed by atoms with E-state index in [2.05, 4.69) is 5.11 Å². The van der Waals surface area contributed by atoms with E-state index in [1.807, 2.05) is 0 Å². The number of aromatic hydroxyl groups is 1. The van der Waals surface area contributed by atoms with Gasteiger partial charge in [0.2, 0.25) is 0 Å². The lowest BCUT2D eigenvalue weighted by Crippen LogP contribution is -1.66. The molecule has 0 aliphatic carbocycles. The van der Waals surface area contributed by atoms with Crippen LogP contribution in [0, 0.1) is 0 Å². The number of hydrogen-bond acceptors (Lipinski definition) is 1. The topological polar surface area (TPSA) is 20.2 Å². The lowest BCUT2D eigenvalue weighted by atomic mass is 10.3. The Labute approximate surface area is 64.3 Å². The summed E-state index contributed by atoms with van der Waals surface area (Å²) in [6, 6.07) is 4.67. The normalized spacial score (nSPS) is 10.7. The summed E-state index contributed by atoms with van der Waals surface area (Å²) in [5, 5.41) is 5.04. The third-order valence-electron chi connectivity index (χ3n) is 0.894. The van der Waals surface area contributed by atoms with Crippen LogP contribution in [-0.2, 0) is 0 Å². The van der Waals surface area contributed by atoms with E-state index in [4.69, 9.17) is 24.6 Å². The lowest BCUT2D eigenvalue weighted by molar-refractivity contribution is 0.475. The van der Waals surface area contributed by atoms with Crippen molar-refractivity contribution < 1.29 is 5.11 Å². The minimum atomic E-state index is 0.311. The Morgan fingerprint density at radius 3 is 2.78 bits per heavy atom. The monoisotopic (exact) mass is 163 g/mol. The Morgan fingerprint density at radius 1 is 1.44 bits per heavy atom. The summed E-state index contributed by atoms with van der Waals surface area (Å²) < 4.78 is 6.53. The Balaban J connectivity index is 3.07. The van der Waals surface area contributed by atoms with E-state index in [0.717, 1.165) is 0 Å². The van der Waals surface area contributed by atoms with E-state index in [1.165, 1.54) is 12.1 Å². The summed E-state index contributed by atoms with van der Waals surface area (Å²) in [6.07, 6.45) is 0. The number of phenols is 1. The minimum Gasteiger partial charge on any atom is -0.506 e. The van der Waals surface area contributed by atoms with Gasteiger partial charge in [0.25, 0.3) is 1.43 Å². The molecule has 0 heterocycles. The first-order valence-corrected chi connectivity index (χ1v) is 3.08. The van der Waals surface area contributed by atoms with Crippen molar-refractivity contribution in [2.24, 2.45) is 0 Å². The van der Waals surface area contributed by atoms with Crippen molar-refractivity contribution in [3.8, 4) is 5.75 Å². The van der Waals surface area contributed by atoms with Crippen molar-refractivity contribution in [3.63, 3.8) is 0 Å². The van der Waals surface area contributed by atoms with Gasteiger partial charge in [-0.1, -0.05) is 23.2 Å². The van der Waals surface area contributed by atoms with Crippen molar-refractivity contribution in [2.75, 3.05) is 0 Å². The quantitative estimate of drug-likeness (QED) is 0.676. The van der Waals surface area contributed by atoms with Crippen LogP contribution in [0.1, 0.15) is 0 Å². The first-order chi connectivity index (χ1) is 4.74. The van der Waals surface area contributed by atoms with E-state index in [1.54, 1.807) is 6.07 Å². The smallest absolute Gasteiger partial charge is 0.293 e. The summed E-state index contributed by atoms with van der Waals surface area (Å²) >= 11 is 11.2. The van der Waals surface area contributed by atoms with Gasteiger partial charge >= 0.3 is 0 Å². The van der Waals surface area contributed by atoms with Crippen molar-refractivity contribution in [1.29, 1.82) is 1.43 Å². The molecule has 3 heteroatoms. The highest BCUT2D eigenvalue weighted by Gasteiger charge is 1.95. The van der Waals surface area contributed by atoms with Gasteiger partial charge in [-0.05, 0) is 18.2 Å². The Morgan fingerprint density at radius 2 is 2.22 bits per heavy atom. The third-order valence-corrected chi connectivity index (χ3v) is 1.42. The van der Waals surface area contributed by atoms with Gasteiger partial charge < -0.3 is 5.11 Å². The van der Waals surface area contributed by atoms with Gasteiger partial charge in [-0.2, -0.15) is 0 Å². The second-order valence-corrected chi connectivity index (χ2v) is 2.42. The molecular weight excluding hydrogens is 159 g/mol. The molecule has 1 rings (SSSR count). The summed E-state index contributed by atoms with van der Waals surface area (Å²) in [7, 11) is 0. The maximum absolute atomic E-state index is 6.53. The van der Waals surface area contributed by atoms with E-state index in [-0.39, 0.29) is 0 Å². The number of halogens is 2. The van der Waals surface area contributed by atoms with Crippen LogP contribution in [0.15, 0.2) is 18.2 Å². The van der Waals surface area contributed by atoms with Crippen LogP contribution in [0.5, 0.6) is 5.75 Å². The summed E-state index contributed by atoms with van der Waals surface area (Å²) in [5.74, 6) is 0.311.